The fourth-order valence-corrected chi connectivity index (χ4v) is 8.75. The van der Waals surface area contributed by atoms with E-state index in [9.17, 15) is 4.79 Å². The summed E-state index contributed by atoms with van der Waals surface area (Å²) in [6.45, 7) is 12.0. The molecule has 2 atom stereocenters. The summed E-state index contributed by atoms with van der Waals surface area (Å²) in [4.78, 5) is 11.0. The lowest BCUT2D eigenvalue weighted by Crippen LogP contribution is -2.67. The van der Waals surface area contributed by atoms with Crippen molar-refractivity contribution >= 4 is 25.0 Å². The van der Waals surface area contributed by atoms with E-state index in [0.717, 1.165) is 12.7 Å². The SMILES string of the molecule is CC[C@H](CC=O)[C@@H](C)CO[Si](c1ccccc1)(c1ccccc1)C(C)(C)C. The third kappa shape index (κ3) is 4.77. The van der Waals surface area contributed by atoms with Gasteiger partial charge >= 0.3 is 0 Å². The van der Waals surface area contributed by atoms with Crippen LogP contribution in [0.25, 0.3) is 0 Å². The largest absolute Gasteiger partial charge is 0.407 e. The van der Waals surface area contributed by atoms with Gasteiger partial charge in [-0.25, -0.2) is 0 Å². The minimum atomic E-state index is -2.48. The van der Waals surface area contributed by atoms with Gasteiger partial charge in [0.15, 0.2) is 0 Å². The molecule has 146 valence electrons. The molecule has 2 nitrogen and oxygen atoms in total. The summed E-state index contributed by atoms with van der Waals surface area (Å²) in [6.07, 6.45) is 2.67. The van der Waals surface area contributed by atoms with Crippen molar-refractivity contribution in [3.63, 3.8) is 0 Å². The lowest BCUT2D eigenvalue weighted by molar-refractivity contribution is -0.109. The number of carbonyl (C=O) groups excluding carboxylic acids is 1. The highest BCUT2D eigenvalue weighted by atomic mass is 28.4. The minimum Gasteiger partial charge on any atom is -0.407 e. The predicted molar refractivity (Wildman–Crippen MR) is 117 cm³/mol. The zero-order chi connectivity index (χ0) is 19.9. The summed E-state index contributed by atoms with van der Waals surface area (Å²) in [6, 6.07) is 21.5. The monoisotopic (exact) mass is 382 g/mol. The van der Waals surface area contributed by atoms with Crippen LogP contribution in [0.4, 0.5) is 0 Å². The maximum atomic E-state index is 11.0. The first-order valence-corrected chi connectivity index (χ1v) is 12.0. The van der Waals surface area contributed by atoms with Gasteiger partial charge in [-0.2, -0.15) is 0 Å². The first-order valence-electron chi connectivity index (χ1n) is 10.1. The fourth-order valence-electron chi connectivity index (χ4n) is 4.08. The second-order valence-electron chi connectivity index (χ2n) is 8.52. The Balaban J connectivity index is 2.48. The second kappa shape index (κ2) is 9.47. The van der Waals surface area contributed by atoms with E-state index in [1.807, 2.05) is 0 Å². The van der Waals surface area contributed by atoms with Crippen LogP contribution < -0.4 is 10.4 Å². The van der Waals surface area contributed by atoms with E-state index in [4.69, 9.17) is 4.43 Å². The van der Waals surface area contributed by atoms with Crippen LogP contribution in [0.15, 0.2) is 60.7 Å². The Morgan fingerprint density at radius 2 is 1.44 bits per heavy atom. The van der Waals surface area contributed by atoms with Gasteiger partial charge in [0.05, 0.1) is 0 Å². The Labute approximate surface area is 166 Å². The molecule has 27 heavy (non-hydrogen) atoms. The molecule has 3 heteroatoms. The highest BCUT2D eigenvalue weighted by molar-refractivity contribution is 6.99. The molecule has 0 aliphatic rings. The first kappa shape index (κ1) is 21.6. The Hall–Kier alpha value is -1.71. The van der Waals surface area contributed by atoms with E-state index in [1.54, 1.807) is 0 Å². The van der Waals surface area contributed by atoms with Crippen molar-refractivity contribution in [2.24, 2.45) is 11.8 Å². The van der Waals surface area contributed by atoms with Gasteiger partial charge in [0.25, 0.3) is 8.32 Å². The van der Waals surface area contributed by atoms with Crippen LogP contribution in [0, 0.1) is 11.8 Å². The van der Waals surface area contributed by atoms with Gasteiger partial charge in [0, 0.05) is 13.0 Å². The molecule has 0 unspecified atom stereocenters. The number of aldehydes is 1. The molecule has 0 radical (unpaired) electrons. The zero-order valence-electron chi connectivity index (χ0n) is 17.4. The maximum Gasteiger partial charge on any atom is 0.261 e. The number of hydrogen-bond donors (Lipinski definition) is 0. The average molecular weight is 383 g/mol. The Kier molecular flexibility index (Phi) is 7.57. The molecule has 0 aromatic heterocycles. The van der Waals surface area contributed by atoms with Crippen molar-refractivity contribution in [2.75, 3.05) is 6.61 Å². The summed E-state index contributed by atoms with van der Waals surface area (Å²) in [5.41, 5.74) is 0. The van der Waals surface area contributed by atoms with Crippen LogP contribution in [0.3, 0.4) is 0 Å². The van der Waals surface area contributed by atoms with E-state index in [2.05, 4.69) is 95.3 Å². The third-order valence-corrected chi connectivity index (χ3v) is 10.7. The van der Waals surface area contributed by atoms with Crippen molar-refractivity contribution in [2.45, 2.75) is 52.5 Å². The minimum absolute atomic E-state index is 0.0121. The lowest BCUT2D eigenvalue weighted by Gasteiger charge is -2.44. The highest BCUT2D eigenvalue weighted by Gasteiger charge is 2.50. The molecule has 0 saturated carbocycles. The lowest BCUT2D eigenvalue weighted by atomic mass is 9.90. The normalized spacial score (nSPS) is 14.6. The van der Waals surface area contributed by atoms with Gasteiger partial charge in [-0.15, -0.1) is 0 Å². The van der Waals surface area contributed by atoms with Crippen LogP contribution in [-0.2, 0) is 9.22 Å². The van der Waals surface area contributed by atoms with Crippen molar-refractivity contribution in [1.29, 1.82) is 0 Å². The summed E-state index contributed by atoms with van der Waals surface area (Å²) < 4.78 is 6.98. The van der Waals surface area contributed by atoms with Crippen molar-refractivity contribution < 1.29 is 9.22 Å². The summed E-state index contributed by atoms with van der Waals surface area (Å²) in [7, 11) is -2.48. The van der Waals surface area contributed by atoms with Gasteiger partial charge in [0.2, 0.25) is 0 Å². The van der Waals surface area contributed by atoms with E-state index < -0.39 is 8.32 Å². The average Bonchev–Trinajstić information content (AvgIpc) is 2.67. The van der Waals surface area contributed by atoms with Gasteiger partial charge in [-0.1, -0.05) is 102 Å². The van der Waals surface area contributed by atoms with Crippen molar-refractivity contribution in [1.82, 2.24) is 0 Å². The van der Waals surface area contributed by atoms with Crippen LogP contribution in [0.2, 0.25) is 5.04 Å². The Morgan fingerprint density at radius 1 is 0.963 bits per heavy atom. The smallest absolute Gasteiger partial charge is 0.261 e. The van der Waals surface area contributed by atoms with E-state index in [1.165, 1.54) is 10.4 Å². The van der Waals surface area contributed by atoms with Gasteiger partial charge < -0.3 is 9.22 Å². The molecule has 0 bridgehead atoms. The molecule has 0 aliphatic heterocycles. The van der Waals surface area contributed by atoms with E-state index in [0.29, 0.717) is 24.9 Å². The molecule has 0 fully saturated rings. The number of rotatable bonds is 9. The van der Waals surface area contributed by atoms with Gasteiger partial charge in [-0.3, -0.25) is 0 Å². The van der Waals surface area contributed by atoms with E-state index in [-0.39, 0.29) is 5.04 Å². The number of benzene rings is 2. The molecule has 0 aliphatic carbocycles. The molecule has 2 rings (SSSR count). The topological polar surface area (TPSA) is 26.3 Å². The molecule has 2 aromatic rings. The molecule has 2 aromatic carbocycles. The summed E-state index contributed by atoms with van der Waals surface area (Å²) in [5, 5.41) is 2.60. The number of hydrogen-bond acceptors (Lipinski definition) is 2. The van der Waals surface area contributed by atoms with Crippen LogP contribution in [0.5, 0.6) is 0 Å². The molecular weight excluding hydrogens is 348 g/mol. The first-order chi connectivity index (χ1) is 12.9. The number of carbonyl (C=O) groups is 1. The molecule has 0 spiro atoms. The quantitative estimate of drug-likeness (QED) is 0.459. The molecule has 0 saturated heterocycles. The van der Waals surface area contributed by atoms with Gasteiger partial charge in [0.1, 0.15) is 6.29 Å². The van der Waals surface area contributed by atoms with Crippen molar-refractivity contribution in [3.8, 4) is 0 Å². The second-order valence-corrected chi connectivity index (χ2v) is 12.8. The highest BCUT2D eigenvalue weighted by Crippen LogP contribution is 2.37. The van der Waals surface area contributed by atoms with Crippen LogP contribution in [-0.4, -0.2) is 21.2 Å². The van der Waals surface area contributed by atoms with Crippen LogP contribution in [0.1, 0.15) is 47.5 Å². The zero-order valence-corrected chi connectivity index (χ0v) is 18.4. The Morgan fingerprint density at radius 3 is 1.81 bits per heavy atom. The summed E-state index contributed by atoms with van der Waals surface area (Å²) in [5.74, 6) is 0.725. The van der Waals surface area contributed by atoms with Gasteiger partial charge in [-0.05, 0) is 27.2 Å². The third-order valence-electron chi connectivity index (χ3n) is 5.71. The molecule has 0 amide bonds. The van der Waals surface area contributed by atoms with E-state index >= 15 is 0 Å². The molecular formula is C24H34O2Si. The predicted octanol–water partition coefficient (Wildman–Crippen LogP) is 4.81. The Bertz CT molecular complexity index is 652. The molecule has 0 heterocycles. The summed E-state index contributed by atoms with van der Waals surface area (Å²) >= 11 is 0. The molecule has 0 N–H and O–H groups in total. The fraction of sp³-hybridized carbons (Fsp3) is 0.458. The standard InChI is InChI=1S/C24H34O2Si/c1-6-21(17-18-25)20(2)19-26-27(24(3,4)5,22-13-9-7-10-14-22)23-15-11-8-12-16-23/h7-16,18,20-21H,6,17,19H2,1-5H3/t20-,21+/m0/s1. The van der Waals surface area contributed by atoms with Crippen molar-refractivity contribution in [3.05, 3.63) is 60.7 Å². The maximum absolute atomic E-state index is 11.0. The van der Waals surface area contributed by atoms with Crippen LogP contribution >= 0.6 is 0 Å².